The maximum atomic E-state index is 7.13. The molecule has 100 valence electrons. The lowest BCUT2D eigenvalue weighted by Crippen LogP contribution is -2.16. The van der Waals surface area contributed by atoms with Crippen LogP contribution in [-0.4, -0.2) is 35.5 Å². The molecule has 0 spiro atoms. The van der Waals surface area contributed by atoms with Gasteiger partial charge in [-0.3, -0.25) is 0 Å². The van der Waals surface area contributed by atoms with Crippen LogP contribution in [0.15, 0.2) is 16.3 Å². The highest BCUT2D eigenvalue weighted by atomic mass is 32.2. The average Bonchev–Trinajstić information content (AvgIpc) is 2.39. The summed E-state index contributed by atoms with van der Waals surface area (Å²) in [7, 11) is 3.10. The van der Waals surface area contributed by atoms with Crippen molar-refractivity contribution in [3.8, 4) is 11.8 Å². The van der Waals surface area contributed by atoms with E-state index in [4.69, 9.17) is 15.0 Å². The number of hydrogen-bond donors (Lipinski definition) is 1. The lowest BCUT2D eigenvalue weighted by Gasteiger charge is -2.16. The summed E-state index contributed by atoms with van der Waals surface area (Å²) in [6.07, 6.45) is 0.818. The molecule has 0 radical (unpaired) electrons. The molecule has 1 aromatic heterocycles. The van der Waals surface area contributed by atoms with Crippen molar-refractivity contribution in [3.05, 3.63) is 6.07 Å². The summed E-state index contributed by atoms with van der Waals surface area (Å²) in [5, 5.41) is 4.30. The number of methoxy groups -OCH3 is 2. The monoisotopic (exact) mass is 270 g/mol. The van der Waals surface area contributed by atoms with E-state index in [9.17, 15) is 0 Å². The fourth-order valence-electron chi connectivity index (χ4n) is 1.42. The highest BCUT2D eigenvalue weighted by Gasteiger charge is 2.18. The van der Waals surface area contributed by atoms with Crippen molar-refractivity contribution < 1.29 is 9.47 Å². The first kappa shape index (κ1) is 14.7. The molecule has 0 aromatic carbocycles. The fourth-order valence-corrected chi connectivity index (χ4v) is 2.45. The summed E-state index contributed by atoms with van der Waals surface area (Å²) in [6, 6.07) is 1.59. The first-order valence-corrected chi connectivity index (χ1v) is 6.52. The smallest absolute Gasteiger partial charge is 0.220 e. The highest BCUT2D eigenvalue weighted by molar-refractivity contribution is 7.99. The number of ether oxygens (including phenoxy) is 2. The zero-order valence-electron chi connectivity index (χ0n) is 11.0. The second kappa shape index (κ2) is 7.15. The lowest BCUT2D eigenvalue weighted by molar-refractivity contribution is 0.364. The van der Waals surface area contributed by atoms with E-state index in [-0.39, 0.29) is 11.3 Å². The van der Waals surface area contributed by atoms with Crippen LogP contribution in [0, 0.1) is 5.53 Å². The number of rotatable bonds is 7. The fraction of sp³-hybridized carbons (Fsp3) is 0.636. The van der Waals surface area contributed by atoms with E-state index >= 15 is 0 Å². The summed E-state index contributed by atoms with van der Waals surface area (Å²) in [6.45, 7) is 4.01. The molecular weight excluding hydrogens is 252 g/mol. The van der Waals surface area contributed by atoms with E-state index < -0.39 is 0 Å². The van der Waals surface area contributed by atoms with Crippen molar-refractivity contribution in [2.24, 2.45) is 5.11 Å². The zero-order valence-corrected chi connectivity index (χ0v) is 11.8. The van der Waals surface area contributed by atoms with Crippen LogP contribution < -0.4 is 9.47 Å². The van der Waals surface area contributed by atoms with Gasteiger partial charge >= 0.3 is 0 Å². The zero-order chi connectivity index (χ0) is 13.5. The molecule has 0 amide bonds. The third-order valence-corrected chi connectivity index (χ3v) is 3.57. The normalized spacial score (nSPS) is 13.8. The Morgan fingerprint density at radius 2 is 1.89 bits per heavy atom. The van der Waals surface area contributed by atoms with E-state index in [0.29, 0.717) is 16.9 Å². The van der Waals surface area contributed by atoms with Crippen molar-refractivity contribution in [2.75, 3.05) is 14.2 Å². The standard InChI is InChI=1S/C11H18N4O2S/c1-5-8(15-12)7(2)18-11-13-9(16-3)6-10(14-11)17-4/h6-8,12H,5H2,1-4H3. The summed E-state index contributed by atoms with van der Waals surface area (Å²) in [4.78, 5) is 8.48. The largest absolute Gasteiger partial charge is 0.481 e. The summed E-state index contributed by atoms with van der Waals surface area (Å²) in [5.41, 5.74) is 7.13. The SMILES string of the molecule is CCC(N=N)C(C)Sc1nc(OC)cc(OC)n1. The third kappa shape index (κ3) is 3.83. The van der Waals surface area contributed by atoms with E-state index in [1.54, 1.807) is 20.3 Å². The molecule has 7 heteroatoms. The molecule has 1 N–H and O–H groups in total. The minimum atomic E-state index is -0.0317. The molecule has 0 aliphatic rings. The van der Waals surface area contributed by atoms with Gasteiger partial charge in [-0.05, 0) is 6.42 Å². The quantitative estimate of drug-likeness (QED) is 0.468. The predicted molar refractivity (Wildman–Crippen MR) is 69.7 cm³/mol. The van der Waals surface area contributed by atoms with Crippen molar-refractivity contribution in [1.82, 2.24) is 9.97 Å². The van der Waals surface area contributed by atoms with Crippen LogP contribution >= 0.6 is 11.8 Å². The van der Waals surface area contributed by atoms with Gasteiger partial charge in [0.2, 0.25) is 11.8 Å². The maximum absolute atomic E-state index is 7.13. The second-order valence-electron chi connectivity index (χ2n) is 3.66. The van der Waals surface area contributed by atoms with Gasteiger partial charge in [-0.25, -0.2) is 5.53 Å². The Labute approximate surface area is 111 Å². The minimum absolute atomic E-state index is 0.0317. The first-order chi connectivity index (χ1) is 8.64. The Balaban J connectivity index is 2.85. The van der Waals surface area contributed by atoms with Gasteiger partial charge in [0.05, 0.1) is 26.3 Å². The molecule has 2 unspecified atom stereocenters. The maximum Gasteiger partial charge on any atom is 0.220 e. The molecule has 0 saturated heterocycles. The van der Waals surface area contributed by atoms with Gasteiger partial charge in [0.1, 0.15) is 0 Å². The minimum Gasteiger partial charge on any atom is -0.481 e. The number of nitrogens with zero attached hydrogens (tertiary/aromatic N) is 3. The van der Waals surface area contributed by atoms with Crippen LogP contribution in [0.5, 0.6) is 11.8 Å². The van der Waals surface area contributed by atoms with Gasteiger partial charge in [-0.1, -0.05) is 25.6 Å². The lowest BCUT2D eigenvalue weighted by atomic mass is 10.2. The van der Waals surface area contributed by atoms with Crippen molar-refractivity contribution in [1.29, 1.82) is 5.53 Å². The van der Waals surface area contributed by atoms with E-state index in [0.717, 1.165) is 6.42 Å². The Hall–Kier alpha value is -1.37. The summed E-state index contributed by atoms with van der Waals surface area (Å²) < 4.78 is 10.2. The topological polar surface area (TPSA) is 80.5 Å². The van der Waals surface area contributed by atoms with Crippen LogP contribution in [0.4, 0.5) is 0 Å². The molecule has 0 bridgehead atoms. The molecule has 0 aliphatic carbocycles. The van der Waals surface area contributed by atoms with Gasteiger partial charge in [0, 0.05) is 5.25 Å². The number of nitrogens with one attached hydrogen (secondary N) is 1. The molecule has 18 heavy (non-hydrogen) atoms. The Morgan fingerprint density at radius 1 is 1.33 bits per heavy atom. The molecule has 6 nitrogen and oxygen atoms in total. The van der Waals surface area contributed by atoms with Gasteiger partial charge in [-0.2, -0.15) is 15.1 Å². The predicted octanol–water partition coefficient (Wildman–Crippen LogP) is 2.78. The molecule has 1 aromatic rings. The molecule has 1 heterocycles. The third-order valence-electron chi connectivity index (χ3n) is 2.49. The van der Waals surface area contributed by atoms with Crippen LogP contribution in [0.25, 0.3) is 0 Å². The van der Waals surface area contributed by atoms with E-state index in [1.165, 1.54) is 11.8 Å². The number of thioether (sulfide) groups is 1. The molecule has 0 saturated carbocycles. The van der Waals surface area contributed by atoms with Crippen LogP contribution in [0.2, 0.25) is 0 Å². The van der Waals surface area contributed by atoms with Gasteiger partial charge < -0.3 is 9.47 Å². The van der Waals surface area contributed by atoms with Gasteiger partial charge in [-0.15, -0.1) is 0 Å². The molecule has 0 fully saturated rings. The van der Waals surface area contributed by atoms with Crippen molar-refractivity contribution >= 4 is 11.8 Å². The molecular formula is C11H18N4O2S. The Kier molecular flexibility index (Phi) is 5.84. The van der Waals surface area contributed by atoms with Crippen LogP contribution in [0.3, 0.4) is 0 Å². The van der Waals surface area contributed by atoms with Crippen LogP contribution in [0.1, 0.15) is 20.3 Å². The number of hydrogen-bond acceptors (Lipinski definition) is 7. The average molecular weight is 270 g/mol. The molecule has 0 aliphatic heterocycles. The Bertz CT molecular complexity index is 380. The summed E-state index contributed by atoms with van der Waals surface area (Å²) >= 11 is 1.46. The van der Waals surface area contributed by atoms with E-state index in [2.05, 4.69) is 15.1 Å². The van der Waals surface area contributed by atoms with Gasteiger partial charge in [0.15, 0.2) is 5.16 Å². The molecule has 1 rings (SSSR count). The second-order valence-corrected chi connectivity index (χ2v) is 5.01. The summed E-state index contributed by atoms with van der Waals surface area (Å²) in [5.74, 6) is 0.930. The van der Waals surface area contributed by atoms with Crippen molar-refractivity contribution in [3.63, 3.8) is 0 Å². The van der Waals surface area contributed by atoms with E-state index in [1.807, 2.05) is 13.8 Å². The first-order valence-electron chi connectivity index (χ1n) is 5.64. The molecule has 2 atom stereocenters. The number of aromatic nitrogens is 2. The van der Waals surface area contributed by atoms with Crippen LogP contribution in [-0.2, 0) is 0 Å². The van der Waals surface area contributed by atoms with Gasteiger partial charge in [0.25, 0.3) is 0 Å². The highest BCUT2D eigenvalue weighted by Crippen LogP contribution is 2.28. The Morgan fingerprint density at radius 3 is 2.28 bits per heavy atom. The van der Waals surface area contributed by atoms with Crippen molar-refractivity contribution in [2.45, 2.75) is 36.7 Å².